The Hall–Kier alpha value is -5.36. The summed E-state index contributed by atoms with van der Waals surface area (Å²) in [7, 11) is 0. The highest BCUT2D eigenvalue weighted by Crippen LogP contribution is 2.32. The second kappa shape index (κ2) is 9.84. The van der Waals surface area contributed by atoms with Crippen LogP contribution in [0.3, 0.4) is 0 Å². The molecule has 172 valence electrons. The number of nitrogens with one attached hydrogen (secondary N) is 2. The van der Waals surface area contributed by atoms with Crippen molar-refractivity contribution in [2.75, 3.05) is 0 Å². The molecular weight excluding hydrogens is 450 g/mol. The van der Waals surface area contributed by atoms with Gasteiger partial charge >= 0.3 is 0 Å². The van der Waals surface area contributed by atoms with Crippen LogP contribution in [-0.2, 0) is 0 Å². The topological polar surface area (TPSA) is 219 Å². The number of nitriles is 1. The van der Waals surface area contributed by atoms with E-state index in [9.17, 15) is 35.6 Å². The summed E-state index contributed by atoms with van der Waals surface area (Å²) in [4.78, 5) is 30.9. The monoisotopic (exact) mass is 465 g/mol. The van der Waals surface area contributed by atoms with E-state index in [0.29, 0.717) is 17.3 Å². The van der Waals surface area contributed by atoms with Gasteiger partial charge in [0.25, 0.3) is 17.6 Å². The van der Waals surface area contributed by atoms with E-state index in [4.69, 9.17) is 5.73 Å². The van der Waals surface area contributed by atoms with E-state index in [1.807, 2.05) is 6.07 Å². The van der Waals surface area contributed by atoms with Crippen molar-refractivity contribution in [2.45, 2.75) is 6.04 Å². The van der Waals surface area contributed by atoms with Crippen LogP contribution in [0, 0.1) is 41.7 Å². The third kappa shape index (κ3) is 5.09. The molecule has 0 spiro atoms. The highest BCUT2D eigenvalue weighted by molar-refractivity contribution is 5.79. The SMILES string of the molecule is N#CC1=C(N)N(/C(=C/[N+](=O)[O-])N/N=C/c2ccc([N+](=O)[O-])cc2)NC1c1ccc([N+](=O)[O-])cc1. The minimum Gasteiger partial charge on any atom is -0.383 e. The number of hydrogen-bond donors (Lipinski definition) is 3. The maximum Gasteiger partial charge on any atom is 0.277 e. The van der Waals surface area contributed by atoms with Crippen molar-refractivity contribution in [3.63, 3.8) is 0 Å². The van der Waals surface area contributed by atoms with E-state index >= 15 is 0 Å². The molecule has 1 heterocycles. The number of nitro groups is 3. The summed E-state index contributed by atoms with van der Waals surface area (Å²) in [6.45, 7) is 0. The highest BCUT2D eigenvalue weighted by atomic mass is 16.6. The van der Waals surface area contributed by atoms with E-state index in [2.05, 4.69) is 16.0 Å². The van der Waals surface area contributed by atoms with Gasteiger partial charge in [0.2, 0.25) is 5.82 Å². The number of nitro benzene ring substituents is 2. The molecule has 1 atom stereocenters. The van der Waals surface area contributed by atoms with Crippen molar-refractivity contribution in [3.8, 4) is 6.07 Å². The predicted octanol–water partition coefficient (Wildman–Crippen LogP) is 1.76. The number of non-ortho nitro benzene ring substituents is 2. The van der Waals surface area contributed by atoms with Crippen LogP contribution in [0.1, 0.15) is 17.2 Å². The molecule has 1 aliphatic rings. The molecule has 15 heteroatoms. The molecule has 0 radical (unpaired) electrons. The molecule has 1 unspecified atom stereocenters. The van der Waals surface area contributed by atoms with E-state index in [-0.39, 0.29) is 28.6 Å². The van der Waals surface area contributed by atoms with E-state index in [1.54, 1.807) is 0 Å². The molecule has 0 aromatic heterocycles. The van der Waals surface area contributed by atoms with Gasteiger partial charge in [-0.15, -0.1) is 0 Å². The summed E-state index contributed by atoms with van der Waals surface area (Å²) < 4.78 is 0. The van der Waals surface area contributed by atoms with Crippen molar-refractivity contribution < 1.29 is 14.8 Å². The van der Waals surface area contributed by atoms with Crippen LogP contribution >= 0.6 is 0 Å². The van der Waals surface area contributed by atoms with Crippen molar-refractivity contribution >= 4 is 17.6 Å². The van der Waals surface area contributed by atoms with Gasteiger partial charge < -0.3 is 5.73 Å². The Morgan fingerprint density at radius 1 is 1.06 bits per heavy atom. The summed E-state index contributed by atoms with van der Waals surface area (Å²) >= 11 is 0. The fraction of sp³-hybridized carbons (Fsp3) is 0.0526. The molecule has 34 heavy (non-hydrogen) atoms. The van der Waals surface area contributed by atoms with Crippen LogP contribution in [-0.4, -0.2) is 26.0 Å². The quantitative estimate of drug-likeness (QED) is 0.289. The Morgan fingerprint density at radius 3 is 2.12 bits per heavy atom. The molecule has 0 bridgehead atoms. The number of hydrogen-bond acceptors (Lipinski definition) is 12. The summed E-state index contributed by atoms with van der Waals surface area (Å²) in [5.41, 5.74) is 12.0. The van der Waals surface area contributed by atoms with Crippen molar-refractivity contribution in [2.24, 2.45) is 10.8 Å². The van der Waals surface area contributed by atoms with Gasteiger partial charge in [-0.1, -0.05) is 12.1 Å². The molecule has 0 saturated carbocycles. The number of hydrazine groups is 1. The van der Waals surface area contributed by atoms with Crippen molar-refractivity contribution in [1.82, 2.24) is 15.9 Å². The molecule has 3 rings (SSSR count). The maximum absolute atomic E-state index is 11.1. The van der Waals surface area contributed by atoms with Gasteiger partial charge in [-0.3, -0.25) is 35.8 Å². The minimum atomic E-state index is -0.832. The summed E-state index contributed by atoms with van der Waals surface area (Å²) in [5.74, 6) is -0.380. The van der Waals surface area contributed by atoms with Crippen LogP contribution in [0.5, 0.6) is 0 Å². The molecule has 1 aliphatic heterocycles. The Labute approximate surface area is 190 Å². The zero-order valence-corrected chi connectivity index (χ0v) is 17.1. The van der Waals surface area contributed by atoms with Gasteiger partial charge in [0.1, 0.15) is 11.9 Å². The molecule has 0 saturated heterocycles. The lowest BCUT2D eigenvalue weighted by Crippen LogP contribution is -2.39. The van der Waals surface area contributed by atoms with Crippen molar-refractivity contribution in [3.05, 3.63) is 113 Å². The average Bonchev–Trinajstić information content (AvgIpc) is 3.14. The molecular formula is C19H15N9O6. The average molecular weight is 465 g/mol. The molecule has 0 aliphatic carbocycles. The first-order valence-corrected chi connectivity index (χ1v) is 9.30. The standard InChI is InChI=1S/C19H15N9O6/c20-9-16-18(13-3-7-15(8-4-13)28(33)34)24-26(19(16)21)17(11-25(29)30)23-22-10-12-1-5-14(6-2-12)27(31)32/h1-8,10-11,18,23-24H,21H2/b17-11+,22-10+. The Morgan fingerprint density at radius 2 is 1.62 bits per heavy atom. The minimum absolute atomic E-state index is 0.0317. The van der Waals surface area contributed by atoms with E-state index in [0.717, 1.165) is 5.01 Å². The van der Waals surface area contributed by atoms with Gasteiger partial charge in [-0.2, -0.15) is 10.4 Å². The van der Waals surface area contributed by atoms with Crippen LogP contribution in [0.2, 0.25) is 0 Å². The van der Waals surface area contributed by atoms with Crippen LogP contribution in [0.4, 0.5) is 11.4 Å². The lowest BCUT2D eigenvalue weighted by Gasteiger charge is -2.22. The van der Waals surface area contributed by atoms with Crippen LogP contribution in [0.15, 0.2) is 77.0 Å². The number of benzene rings is 2. The third-order valence-electron chi connectivity index (χ3n) is 4.59. The normalized spacial score (nSPS) is 15.9. The fourth-order valence-corrected chi connectivity index (χ4v) is 2.97. The lowest BCUT2D eigenvalue weighted by atomic mass is 10.0. The van der Waals surface area contributed by atoms with E-state index < -0.39 is 20.8 Å². The number of hydrazone groups is 1. The Kier molecular flexibility index (Phi) is 6.75. The smallest absolute Gasteiger partial charge is 0.277 e. The van der Waals surface area contributed by atoms with Crippen molar-refractivity contribution in [1.29, 1.82) is 5.26 Å². The second-order valence-electron chi connectivity index (χ2n) is 6.68. The zero-order valence-electron chi connectivity index (χ0n) is 17.1. The number of nitrogens with two attached hydrogens (primary N) is 1. The number of rotatable bonds is 8. The number of nitrogens with zero attached hydrogens (tertiary/aromatic N) is 6. The first-order chi connectivity index (χ1) is 16.2. The first-order valence-electron chi connectivity index (χ1n) is 9.30. The van der Waals surface area contributed by atoms with Gasteiger partial charge in [0.05, 0.1) is 32.6 Å². The van der Waals surface area contributed by atoms with Gasteiger partial charge in [-0.05, 0) is 23.3 Å². The molecule has 0 amide bonds. The molecule has 15 nitrogen and oxygen atoms in total. The Bertz CT molecular complexity index is 1260. The molecule has 4 N–H and O–H groups in total. The summed E-state index contributed by atoms with van der Waals surface area (Å²) in [6, 6.07) is 11.9. The van der Waals surface area contributed by atoms with E-state index in [1.165, 1.54) is 54.7 Å². The van der Waals surface area contributed by atoms with Gasteiger partial charge in [-0.25, -0.2) is 10.4 Å². The first kappa shape index (κ1) is 23.3. The highest BCUT2D eigenvalue weighted by Gasteiger charge is 2.34. The summed E-state index contributed by atoms with van der Waals surface area (Å²) in [6.07, 6.45) is 1.84. The van der Waals surface area contributed by atoms with Crippen LogP contribution < -0.4 is 16.6 Å². The van der Waals surface area contributed by atoms with Crippen LogP contribution in [0.25, 0.3) is 0 Å². The van der Waals surface area contributed by atoms with Gasteiger partial charge in [0, 0.05) is 24.3 Å². The summed E-state index contributed by atoms with van der Waals surface area (Å²) in [5, 5.41) is 47.3. The maximum atomic E-state index is 11.1. The predicted molar refractivity (Wildman–Crippen MR) is 117 cm³/mol. The third-order valence-corrected chi connectivity index (χ3v) is 4.59. The molecule has 2 aromatic carbocycles. The Balaban J connectivity index is 1.84. The van der Waals surface area contributed by atoms with Gasteiger partial charge in [0.15, 0.2) is 0 Å². The molecule has 2 aromatic rings. The lowest BCUT2D eigenvalue weighted by molar-refractivity contribution is -0.404. The second-order valence-corrected chi connectivity index (χ2v) is 6.68. The molecule has 0 fully saturated rings. The zero-order chi connectivity index (χ0) is 24.8. The fourth-order valence-electron chi connectivity index (χ4n) is 2.97. The largest absolute Gasteiger partial charge is 0.383 e.